The maximum Gasteiger partial charge on any atom is 0.282 e. The summed E-state index contributed by atoms with van der Waals surface area (Å²) in [5.74, 6) is -0.861. The third kappa shape index (κ3) is 4.26. The quantitative estimate of drug-likeness (QED) is 0.538. The highest BCUT2D eigenvalue weighted by atomic mass is 35.5. The summed E-state index contributed by atoms with van der Waals surface area (Å²) in [6.45, 7) is 1.24. The molecule has 0 bridgehead atoms. The van der Waals surface area contributed by atoms with E-state index in [-0.39, 0.29) is 15.6 Å². The van der Waals surface area contributed by atoms with E-state index in [2.05, 4.69) is 4.40 Å². The van der Waals surface area contributed by atoms with Gasteiger partial charge in [0.1, 0.15) is 11.4 Å². The molecule has 13 heteroatoms. The van der Waals surface area contributed by atoms with Crippen molar-refractivity contribution in [2.75, 3.05) is 26.3 Å². The average molecular weight is 541 g/mol. The van der Waals surface area contributed by atoms with Crippen molar-refractivity contribution in [1.29, 1.82) is 0 Å². The molecule has 0 saturated carbocycles. The number of carbonyl (C=O) groups is 1. The summed E-state index contributed by atoms with van der Waals surface area (Å²) in [6.07, 6.45) is 0. The molecule has 1 aliphatic carbocycles. The highest BCUT2D eigenvalue weighted by Crippen LogP contribution is 2.52. The first-order valence-electron chi connectivity index (χ1n) is 8.04. The molecule has 3 rings (SSSR count). The van der Waals surface area contributed by atoms with Gasteiger partial charge in [-0.3, -0.25) is 4.79 Å². The number of hydrogen-bond acceptors (Lipinski definition) is 5. The fourth-order valence-electron chi connectivity index (χ4n) is 2.74. The predicted molar refractivity (Wildman–Crippen MR) is 115 cm³/mol. The molecule has 1 heterocycles. The van der Waals surface area contributed by atoms with Gasteiger partial charge in [0, 0.05) is 18.1 Å². The topological polar surface area (TPSA) is 76.0 Å². The number of ether oxygens (including phenoxy) is 1. The van der Waals surface area contributed by atoms with Gasteiger partial charge in [-0.05, 0) is 24.3 Å². The van der Waals surface area contributed by atoms with E-state index in [1.807, 2.05) is 0 Å². The van der Waals surface area contributed by atoms with Crippen LogP contribution >= 0.6 is 69.6 Å². The number of rotatable bonds is 3. The van der Waals surface area contributed by atoms with E-state index in [0.29, 0.717) is 31.3 Å². The third-order valence-corrected chi connectivity index (χ3v) is 8.38. The summed E-state index contributed by atoms with van der Waals surface area (Å²) in [5.41, 5.74) is -0.675. The molecule has 1 aliphatic heterocycles. The van der Waals surface area contributed by atoms with Crippen LogP contribution in [0.25, 0.3) is 0 Å². The fraction of sp³-hybridized carbons (Fsp3) is 0.375. The van der Waals surface area contributed by atoms with E-state index < -0.39 is 30.2 Å². The number of benzene rings is 1. The summed E-state index contributed by atoms with van der Waals surface area (Å²) in [6, 6.07) is 5.24. The lowest BCUT2D eigenvalue weighted by Crippen LogP contribution is -2.57. The van der Waals surface area contributed by atoms with Crippen molar-refractivity contribution in [2.24, 2.45) is 4.40 Å². The molecule has 1 fully saturated rings. The van der Waals surface area contributed by atoms with Crippen LogP contribution in [0.5, 0.6) is 0 Å². The number of carbonyl (C=O) groups excluding carboxylic acids is 1. The van der Waals surface area contributed by atoms with Crippen LogP contribution in [0.2, 0.25) is 5.02 Å². The molecule has 158 valence electrons. The number of nitrogens with zero attached hydrogens (tertiary/aromatic N) is 2. The zero-order valence-corrected chi connectivity index (χ0v) is 19.7. The van der Waals surface area contributed by atoms with Gasteiger partial charge in [0.25, 0.3) is 10.0 Å². The van der Waals surface area contributed by atoms with Crippen LogP contribution in [0, 0.1) is 0 Å². The van der Waals surface area contributed by atoms with Gasteiger partial charge < -0.3 is 9.64 Å². The van der Waals surface area contributed by atoms with Crippen LogP contribution in [0.3, 0.4) is 0 Å². The minimum absolute atomic E-state index is 0.123. The second kappa shape index (κ2) is 8.36. The zero-order valence-electron chi connectivity index (χ0n) is 14.3. The summed E-state index contributed by atoms with van der Waals surface area (Å²) in [4.78, 5) is 14.3. The van der Waals surface area contributed by atoms with Gasteiger partial charge >= 0.3 is 0 Å². The van der Waals surface area contributed by atoms with Crippen molar-refractivity contribution >= 4 is 91.1 Å². The molecule has 1 aromatic rings. The normalized spacial score (nSPS) is 23.6. The van der Waals surface area contributed by atoms with E-state index in [0.717, 1.165) is 0 Å². The molecule has 2 aliphatic rings. The lowest BCUT2D eigenvalue weighted by atomic mass is 9.97. The minimum Gasteiger partial charge on any atom is -0.378 e. The van der Waals surface area contributed by atoms with E-state index in [4.69, 9.17) is 74.3 Å². The second-order valence-electron chi connectivity index (χ2n) is 6.11. The Hall–Kier alpha value is -0.250. The van der Waals surface area contributed by atoms with Crippen LogP contribution < -0.4 is 0 Å². The fourth-order valence-corrected chi connectivity index (χ4v) is 5.36. The van der Waals surface area contributed by atoms with Crippen molar-refractivity contribution in [3.8, 4) is 0 Å². The van der Waals surface area contributed by atoms with Crippen molar-refractivity contribution in [2.45, 2.75) is 13.6 Å². The molecule has 0 aromatic heterocycles. The molecule has 0 unspecified atom stereocenters. The first-order valence-corrected chi connectivity index (χ1v) is 11.7. The van der Waals surface area contributed by atoms with Crippen molar-refractivity contribution < 1.29 is 17.9 Å². The van der Waals surface area contributed by atoms with Gasteiger partial charge in [-0.25, -0.2) is 0 Å². The summed E-state index contributed by atoms with van der Waals surface area (Å²) in [7, 11) is -4.33. The summed E-state index contributed by atoms with van der Waals surface area (Å²) >= 11 is 37.0. The molecule has 1 saturated heterocycles. The van der Waals surface area contributed by atoms with Crippen molar-refractivity contribution in [3.63, 3.8) is 0 Å². The highest BCUT2D eigenvalue weighted by Gasteiger charge is 2.62. The zero-order chi connectivity index (χ0) is 21.6. The highest BCUT2D eigenvalue weighted by molar-refractivity contribution is 7.90. The monoisotopic (exact) mass is 538 g/mol. The van der Waals surface area contributed by atoms with E-state index in [1.54, 1.807) is 4.90 Å². The Balaban J connectivity index is 2.20. The van der Waals surface area contributed by atoms with Gasteiger partial charge in [0.2, 0.25) is 14.4 Å². The molecule has 0 N–H and O–H groups in total. The van der Waals surface area contributed by atoms with Crippen LogP contribution in [0.1, 0.15) is 0 Å². The number of ketones is 1. The second-order valence-corrected chi connectivity index (χ2v) is 11.2. The molecule has 0 amide bonds. The smallest absolute Gasteiger partial charge is 0.282 e. The Bertz CT molecular complexity index is 999. The number of allylic oxidation sites excluding steroid dienone is 2. The number of hydrogen-bond donors (Lipinski definition) is 0. The first kappa shape index (κ1) is 23.4. The maximum absolute atomic E-state index is 12.9. The summed E-state index contributed by atoms with van der Waals surface area (Å²) in [5, 5.41) is -0.0201. The molecule has 0 spiro atoms. The van der Waals surface area contributed by atoms with Crippen LogP contribution in [0.4, 0.5) is 0 Å². The SMILES string of the molecule is O=C1C(N2CCOCC2)=C(Cl)/C(=N\S(=O)(=O)c2ccc(Cl)cc2)C(Cl)(Cl)C1(Cl)Cl. The minimum atomic E-state index is -4.33. The Morgan fingerprint density at radius 1 is 0.966 bits per heavy atom. The van der Waals surface area contributed by atoms with Gasteiger partial charge in [-0.15, -0.1) is 0 Å². The van der Waals surface area contributed by atoms with Gasteiger partial charge in [0.15, 0.2) is 0 Å². The maximum atomic E-state index is 12.9. The number of alkyl halides is 4. The van der Waals surface area contributed by atoms with Gasteiger partial charge in [-0.1, -0.05) is 69.6 Å². The number of Topliss-reactive ketones (excluding diaryl/α,β-unsaturated/α-hetero) is 1. The Morgan fingerprint density at radius 3 is 2.07 bits per heavy atom. The number of halogens is 6. The molecule has 1 aromatic carbocycles. The van der Waals surface area contributed by atoms with Gasteiger partial charge in [0.05, 0.1) is 23.1 Å². The average Bonchev–Trinajstić information content (AvgIpc) is 2.66. The van der Waals surface area contributed by atoms with Crippen LogP contribution in [0.15, 0.2) is 44.3 Å². The van der Waals surface area contributed by atoms with E-state index in [9.17, 15) is 13.2 Å². The largest absolute Gasteiger partial charge is 0.378 e. The Labute approximate surface area is 197 Å². The number of sulfonamides is 1. The lowest BCUT2D eigenvalue weighted by molar-refractivity contribution is -0.118. The Morgan fingerprint density at radius 2 is 1.52 bits per heavy atom. The molecule has 6 nitrogen and oxygen atoms in total. The standard InChI is InChI=1S/C16H12Cl6N2O4S/c17-9-1-3-10(4-2-9)29(26,27)23-13-11(18)12(24-5-7-28-8-6-24)14(25)16(21,22)15(13,19)20/h1-4H,5-8H2/b23-13+. The molecular weight excluding hydrogens is 529 g/mol. The first-order chi connectivity index (χ1) is 13.4. The van der Waals surface area contributed by atoms with E-state index in [1.165, 1.54) is 24.3 Å². The predicted octanol–water partition coefficient (Wildman–Crippen LogP) is 4.18. The van der Waals surface area contributed by atoms with Gasteiger partial charge in [-0.2, -0.15) is 12.8 Å². The van der Waals surface area contributed by atoms with Crippen molar-refractivity contribution in [1.82, 2.24) is 4.90 Å². The molecule has 0 atom stereocenters. The summed E-state index contributed by atoms with van der Waals surface area (Å²) < 4.78 is 29.7. The molecule has 29 heavy (non-hydrogen) atoms. The van der Waals surface area contributed by atoms with E-state index >= 15 is 0 Å². The third-order valence-electron chi connectivity index (χ3n) is 4.26. The lowest BCUT2D eigenvalue weighted by Gasteiger charge is -2.41. The molecule has 0 radical (unpaired) electrons. The Kier molecular flexibility index (Phi) is 6.75. The molecular formula is C16H12Cl6N2O4S. The van der Waals surface area contributed by atoms with Crippen molar-refractivity contribution in [3.05, 3.63) is 40.0 Å². The van der Waals surface area contributed by atoms with Crippen LogP contribution in [-0.2, 0) is 19.6 Å². The number of morpholine rings is 1. The van der Waals surface area contributed by atoms with Crippen LogP contribution in [-0.4, -0.2) is 59.8 Å².